The number of hydrogen-bond donors (Lipinski definition) is 1. The van der Waals surface area contributed by atoms with Crippen molar-refractivity contribution >= 4 is 33.3 Å². The molecule has 0 aliphatic carbocycles. The molecule has 0 aromatic heterocycles. The predicted molar refractivity (Wildman–Crippen MR) is 76.7 cm³/mol. The van der Waals surface area contributed by atoms with E-state index in [1.54, 1.807) is 0 Å². The maximum atomic E-state index is 14.0. The van der Waals surface area contributed by atoms with Crippen molar-refractivity contribution in [2.75, 3.05) is 29.2 Å². The third kappa shape index (κ3) is 2.90. The average molecular weight is 319 g/mol. The molecule has 1 aromatic rings. The molecule has 1 atom stereocenters. The van der Waals surface area contributed by atoms with Crippen LogP contribution in [-0.2, 0) is 9.84 Å². The Kier molecular flexibility index (Phi) is 4.24. The molecule has 1 aliphatic rings. The lowest BCUT2D eigenvalue weighted by Gasteiger charge is -2.36. The number of nitrogens with zero attached hydrogens (tertiary/aromatic N) is 1. The topological polar surface area (TPSA) is 74.7 Å². The Hall–Kier alpha value is -1.28. The molecule has 1 N–H and O–H groups in total. The van der Waals surface area contributed by atoms with Crippen LogP contribution in [0.5, 0.6) is 0 Å². The Balaban J connectivity index is 2.56. The van der Waals surface area contributed by atoms with E-state index in [1.165, 1.54) is 28.8 Å². The summed E-state index contributed by atoms with van der Waals surface area (Å²) in [6.45, 7) is 0.295. The van der Waals surface area contributed by atoms with Crippen molar-refractivity contribution in [3.05, 3.63) is 29.6 Å². The van der Waals surface area contributed by atoms with Gasteiger partial charge in [0, 0.05) is 24.3 Å². The molecule has 2 rings (SSSR count). The Morgan fingerprint density at radius 1 is 1.50 bits per heavy atom. The molecular weight excluding hydrogens is 305 g/mol. The van der Waals surface area contributed by atoms with Crippen LogP contribution in [0, 0.1) is 5.82 Å². The summed E-state index contributed by atoms with van der Waals surface area (Å²) in [6, 6.07) is 3.72. The van der Waals surface area contributed by atoms with Crippen molar-refractivity contribution in [3.63, 3.8) is 0 Å². The second kappa shape index (κ2) is 5.61. The van der Waals surface area contributed by atoms with Crippen molar-refractivity contribution in [2.24, 2.45) is 0 Å². The van der Waals surface area contributed by atoms with E-state index in [-0.39, 0.29) is 11.3 Å². The van der Waals surface area contributed by atoms with Crippen LogP contribution in [0.25, 0.3) is 0 Å². The number of hydrogen-bond acceptors (Lipinski definition) is 5. The highest BCUT2D eigenvalue weighted by Gasteiger charge is 2.34. The number of aromatic carboxylic acids is 1. The van der Waals surface area contributed by atoms with Crippen LogP contribution in [0.2, 0.25) is 0 Å². The van der Waals surface area contributed by atoms with Crippen molar-refractivity contribution in [3.8, 4) is 0 Å². The molecular formula is C12H14FNO4S2. The van der Waals surface area contributed by atoms with Gasteiger partial charge in [0.25, 0.3) is 0 Å². The molecule has 110 valence electrons. The molecule has 0 saturated carbocycles. The van der Waals surface area contributed by atoms with Crippen LogP contribution in [0.1, 0.15) is 10.4 Å². The molecule has 8 heteroatoms. The normalized spacial score (nSPS) is 19.9. The zero-order valence-corrected chi connectivity index (χ0v) is 12.4. The lowest BCUT2D eigenvalue weighted by Crippen LogP contribution is -2.48. The Morgan fingerprint density at radius 2 is 2.20 bits per heavy atom. The summed E-state index contributed by atoms with van der Waals surface area (Å²) in [5.41, 5.74) is -0.360. The van der Waals surface area contributed by atoms with Crippen molar-refractivity contribution in [2.45, 2.75) is 5.37 Å². The number of carboxylic acid groups (broad SMARTS) is 1. The van der Waals surface area contributed by atoms with Crippen LogP contribution in [-0.4, -0.2) is 49.2 Å². The molecule has 1 aliphatic heterocycles. The molecule has 20 heavy (non-hydrogen) atoms. The van der Waals surface area contributed by atoms with E-state index in [0.717, 1.165) is 12.3 Å². The molecule has 5 nitrogen and oxygen atoms in total. The fourth-order valence-electron chi connectivity index (χ4n) is 2.17. The first-order chi connectivity index (χ1) is 9.32. The van der Waals surface area contributed by atoms with Crippen LogP contribution < -0.4 is 4.90 Å². The van der Waals surface area contributed by atoms with Crippen LogP contribution >= 0.6 is 11.8 Å². The largest absolute Gasteiger partial charge is 0.478 e. The van der Waals surface area contributed by atoms with Gasteiger partial charge < -0.3 is 10.0 Å². The smallest absolute Gasteiger partial charge is 0.337 e. The number of para-hydroxylation sites is 1. The molecule has 1 saturated heterocycles. The second-order valence-electron chi connectivity index (χ2n) is 4.49. The first-order valence-electron chi connectivity index (χ1n) is 5.87. The van der Waals surface area contributed by atoms with Gasteiger partial charge in [-0.1, -0.05) is 6.07 Å². The highest BCUT2D eigenvalue weighted by Crippen LogP contribution is 2.31. The third-order valence-electron chi connectivity index (χ3n) is 3.08. The first kappa shape index (κ1) is 15.1. The van der Waals surface area contributed by atoms with Crippen molar-refractivity contribution < 1.29 is 22.7 Å². The Labute approximate surface area is 120 Å². The zero-order valence-electron chi connectivity index (χ0n) is 10.7. The van der Waals surface area contributed by atoms with Crippen LogP contribution in [0.4, 0.5) is 10.1 Å². The second-order valence-corrected chi connectivity index (χ2v) is 7.85. The van der Waals surface area contributed by atoms with E-state index >= 15 is 0 Å². The minimum absolute atomic E-state index is 0.143. The van der Waals surface area contributed by atoms with Gasteiger partial charge in [0.2, 0.25) is 0 Å². The van der Waals surface area contributed by atoms with Gasteiger partial charge >= 0.3 is 5.97 Å². The van der Waals surface area contributed by atoms with E-state index in [1.807, 2.05) is 0 Å². The molecule has 1 fully saturated rings. The van der Waals surface area contributed by atoms with Gasteiger partial charge in [0.15, 0.2) is 9.84 Å². The SMILES string of the molecule is CS(=O)(=O)C1CSCCN1c1c(F)cccc1C(=O)O. The third-order valence-corrected chi connectivity index (χ3v) is 5.73. The number of thioether (sulfide) groups is 1. The number of benzene rings is 1. The molecule has 0 bridgehead atoms. The summed E-state index contributed by atoms with van der Waals surface area (Å²) in [4.78, 5) is 12.6. The van der Waals surface area contributed by atoms with E-state index in [9.17, 15) is 17.6 Å². The van der Waals surface area contributed by atoms with E-state index in [0.29, 0.717) is 18.1 Å². The first-order valence-corrected chi connectivity index (χ1v) is 8.98. The molecule has 0 amide bonds. The van der Waals surface area contributed by atoms with E-state index in [2.05, 4.69) is 0 Å². The van der Waals surface area contributed by atoms with Gasteiger partial charge in [-0.25, -0.2) is 17.6 Å². The predicted octanol–water partition coefficient (Wildman–Crippen LogP) is 1.45. The van der Waals surface area contributed by atoms with E-state index < -0.39 is 27.0 Å². The number of sulfone groups is 1. The fourth-order valence-corrected chi connectivity index (χ4v) is 5.00. The minimum Gasteiger partial charge on any atom is -0.478 e. The maximum Gasteiger partial charge on any atom is 0.337 e. The fraction of sp³-hybridized carbons (Fsp3) is 0.417. The van der Waals surface area contributed by atoms with Crippen molar-refractivity contribution in [1.29, 1.82) is 0 Å². The number of carboxylic acids is 1. The summed E-state index contributed by atoms with van der Waals surface area (Å²) >= 11 is 1.46. The highest BCUT2D eigenvalue weighted by molar-refractivity contribution is 8.01. The number of anilines is 1. The van der Waals surface area contributed by atoms with Gasteiger partial charge in [0.05, 0.1) is 11.3 Å². The summed E-state index contributed by atoms with van der Waals surface area (Å²) in [5.74, 6) is -1.07. The molecule has 1 unspecified atom stereocenters. The minimum atomic E-state index is -3.44. The number of carbonyl (C=O) groups is 1. The van der Waals surface area contributed by atoms with Gasteiger partial charge in [-0.15, -0.1) is 0 Å². The van der Waals surface area contributed by atoms with Gasteiger partial charge in [-0.05, 0) is 12.1 Å². The summed E-state index contributed by atoms with van der Waals surface area (Å²) in [5, 5.41) is 8.26. The quantitative estimate of drug-likeness (QED) is 0.909. The zero-order chi connectivity index (χ0) is 14.9. The average Bonchev–Trinajstić information content (AvgIpc) is 2.37. The highest BCUT2D eigenvalue weighted by atomic mass is 32.2. The van der Waals surface area contributed by atoms with Crippen LogP contribution in [0.3, 0.4) is 0 Å². The van der Waals surface area contributed by atoms with E-state index in [4.69, 9.17) is 5.11 Å². The summed E-state index contributed by atoms with van der Waals surface area (Å²) < 4.78 is 37.7. The summed E-state index contributed by atoms with van der Waals surface area (Å²) in [7, 11) is -3.44. The maximum absolute atomic E-state index is 14.0. The van der Waals surface area contributed by atoms with Crippen molar-refractivity contribution in [1.82, 2.24) is 0 Å². The lowest BCUT2D eigenvalue weighted by molar-refractivity contribution is 0.0697. The lowest BCUT2D eigenvalue weighted by atomic mass is 10.1. The number of rotatable bonds is 3. The van der Waals surface area contributed by atoms with Crippen LogP contribution in [0.15, 0.2) is 18.2 Å². The molecule has 0 radical (unpaired) electrons. The number of halogens is 1. The Bertz CT molecular complexity index is 632. The summed E-state index contributed by atoms with van der Waals surface area (Å²) in [6.07, 6.45) is 1.08. The van der Waals surface area contributed by atoms with Gasteiger partial charge in [0.1, 0.15) is 11.2 Å². The molecule has 1 aromatic carbocycles. The molecule has 0 spiro atoms. The monoisotopic (exact) mass is 319 g/mol. The molecule has 1 heterocycles. The standard InChI is InChI=1S/C12H14FNO4S2/c1-20(17,18)10-7-19-6-5-14(10)11-8(12(15)16)3-2-4-9(11)13/h2-4,10H,5-7H2,1H3,(H,15,16). The Morgan fingerprint density at radius 3 is 2.80 bits per heavy atom. The van der Waals surface area contributed by atoms with Gasteiger partial charge in [-0.2, -0.15) is 11.8 Å². The van der Waals surface area contributed by atoms with Gasteiger partial charge in [-0.3, -0.25) is 0 Å².